The number of hydrogen-bond acceptors (Lipinski definition) is 2. The lowest BCUT2D eigenvalue weighted by atomic mass is 9.97. The summed E-state index contributed by atoms with van der Waals surface area (Å²) >= 11 is 2.13. The largest absolute Gasteiger partial charge is 0.507 e. The minimum absolute atomic E-state index is 0.493. The number of rotatable bonds is 8. The molecule has 0 fully saturated rings. The summed E-state index contributed by atoms with van der Waals surface area (Å²) < 4.78 is 3.10. The summed E-state index contributed by atoms with van der Waals surface area (Å²) in [6.07, 6.45) is 6.83. The van der Waals surface area contributed by atoms with Crippen LogP contribution in [0.3, 0.4) is 0 Å². The van der Waals surface area contributed by atoms with Gasteiger partial charge in [-0.1, -0.05) is 38.8 Å². The fraction of sp³-hybridized carbons (Fsp3) is 0.600. The van der Waals surface area contributed by atoms with E-state index in [0.717, 1.165) is 36.9 Å². The van der Waals surface area contributed by atoms with Crippen LogP contribution in [0.5, 0.6) is 5.75 Å². The van der Waals surface area contributed by atoms with Gasteiger partial charge in [0, 0.05) is 35.0 Å². The molecule has 1 aromatic carbocycles. The molecule has 18 heavy (non-hydrogen) atoms. The van der Waals surface area contributed by atoms with Gasteiger partial charge < -0.3 is 5.11 Å². The Bertz CT molecular complexity index is 366. The van der Waals surface area contributed by atoms with Gasteiger partial charge in [-0.05, 0) is 36.8 Å². The van der Waals surface area contributed by atoms with Crippen LogP contribution in [0.1, 0.15) is 56.2 Å². The molecule has 0 aromatic heterocycles. The number of phenols is 1. The lowest BCUT2D eigenvalue weighted by molar-refractivity contribution is 0.459. The van der Waals surface area contributed by atoms with Crippen molar-refractivity contribution < 1.29 is 5.11 Å². The first-order valence-corrected chi connectivity index (χ1v) is 7.97. The summed E-state index contributed by atoms with van der Waals surface area (Å²) in [7, 11) is 0. The second-order valence-corrected chi connectivity index (χ2v) is 5.54. The molecule has 0 aliphatic rings. The molecule has 0 saturated carbocycles. The fourth-order valence-electron chi connectivity index (χ4n) is 2.12. The van der Waals surface area contributed by atoms with E-state index in [-0.39, 0.29) is 0 Å². The second kappa shape index (κ2) is 8.75. The summed E-state index contributed by atoms with van der Waals surface area (Å²) in [5, 5.41) is 10.3. The first-order valence-electron chi connectivity index (χ1n) is 6.90. The van der Waals surface area contributed by atoms with Crippen LogP contribution < -0.4 is 3.53 Å². The monoisotopic (exact) mass is 361 g/mol. The van der Waals surface area contributed by atoms with Gasteiger partial charge in [0.25, 0.3) is 0 Å². The predicted octanol–water partition coefficient (Wildman–Crippen LogP) is 4.52. The summed E-state index contributed by atoms with van der Waals surface area (Å²) in [4.78, 5) is 0. The average molecular weight is 361 g/mol. The topological polar surface area (TPSA) is 32.3 Å². The van der Waals surface area contributed by atoms with Crippen molar-refractivity contribution >= 4 is 22.9 Å². The maximum atomic E-state index is 10.3. The zero-order chi connectivity index (χ0) is 13.4. The van der Waals surface area contributed by atoms with Gasteiger partial charge in [0.1, 0.15) is 5.75 Å². The van der Waals surface area contributed by atoms with E-state index >= 15 is 0 Å². The Hall–Kier alpha value is -0.290. The summed E-state index contributed by atoms with van der Waals surface area (Å²) in [6, 6.07) is 4.34. The quantitative estimate of drug-likeness (QED) is 0.527. The number of aromatic hydroxyl groups is 1. The molecule has 1 aromatic rings. The van der Waals surface area contributed by atoms with Crippen molar-refractivity contribution in [1.29, 1.82) is 0 Å². The highest BCUT2D eigenvalue weighted by Gasteiger charge is 2.09. The maximum absolute atomic E-state index is 10.3. The third-order valence-corrected chi connectivity index (χ3v) is 3.58. The van der Waals surface area contributed by atoms with Crippen LogP contribution in [0.4, 0.5) is 0 Å². The van der Waals surface area contributed by atoms with E-state index < -0.39 is 0 Å². The van der Waals surface area contributed by atoms with Crippen molar-refractivity contribution in [1.82, 2.24) is 3.53 Å². The van der Waals surface area contributed by atoms with Gasteiger partial charge in [0.2, 0.25) is 0 Å². The highest BCUT2D eigenvalue weighted by molar-refractivity contribution is 14.1. The summed E-state index contributed by atoms with van der Waals surface area (Å²) in [6.45, 7) is 5.13. The van der Waals surface area contributed by atoms with Gasteiger partial charge >= 0.3 is 0 Å². The third kappa shape index (κ3) is 4.76. The van der Waals surface area contributed by atoms with E-state index in [4.69, 9.17) is 0 Å². The number of aryl methyl sites for hydroxylation is 2. The lowest BCUT2D eigenvalue weighted by Gasteiger charge is -2.12. The molecule has 102 valence electrons. The fourth-order valence-corrected chi connectivity index (χ4v) is 2.53. The van der Waals surface area contributed by atoms with E-state index in [1.54, 1.807) is 0 Å². The highest BCUT2D eigenvalue weighted by Crippen LogP contribution is 2.27. The van der Waals surface area contributed by atoms with Gasteiger partial charge in [-0.2, -0.15) is 0 Å². The molecule has 0 saturated heterocycles. The molecule has 3 heteroatoms. The molecule has 2 nitrogen and oxygen atoms in total. The maximum Gasteiger partial charge on any atom is 0.123 e. The Morgan fingerprint density at radius 2 is 1.67 bits per heavy atom. The zero-order valence-electron chi connectivity index (χ0n) is 11.4. The van der Waals surface area contributed by atoms with Crippen molar-refractivity contribution in [3.05, 3.63) is 28.8 Å². The lowest BCUT2D eigenvalue weighted by Crippen LogP contribution is -2.02. The van der Waals surface area contributed by atoms with Crippen molar-refractivity contribution in [3.8, 4) is 5.75 Å². The number of nitrogens with one attached hydrogen (secondary N) is 1. The first kappa shape index (κ1) is 15.8. The smallest absolute Gasteiger partial charge is 0.123 e. The standard InChI is InChI=1S/C15H24INO/c1-3-5-7-12-9-13(8-6-4-2)15(18)14(10-12)11-17-16/h9-10,17-18H,3-8,11H2,1-2H3. The van der Waals surface area contributed by atoms with Crippen LogP contribution in [0, 0.1) is 0 Å². The van der Waals surface area contributed by atoms with Crippen molar-refractivity contribution in [2.24, 2.45) is 0 Å². The van der Waals surface area contributed by atoms with Crippen LogP contribution >= 0.6 is 22.9 Å². The third-order valence-electron chi connectivity index (χ3n) is 3.20. The minimum atomic E-state index is 0.493. The summed E-state index contributed by atoms with van der Waals surface area (Å²) in [5.41, 5.74) is 3.51. The molecule has 0 heterocycles. The van der Waals surface area contributed by atoms with Crippen molar-refractivity contribution in [2.45, 2.75) is 58.9 Å². The Kier molecular flexibility index (Phi) is 7.66. The van der Waals surface area contributed by atoms with Gasteiger partial charge in [-0.15, -0.1) is 0 Å². The van der Waals surface area contributed by atoms with E-state index in [1.165, 1.54) is 24.8 Å². The first-order chi connectivity index (χ1) is 8.72. The molecule has 2 N–H and O–H groups in total. The van der Waals surface area contributed by atoms with E-state index in [9.17, 15) is 5.11 Å². The van der Waals surface area contributed by atoms with Gasteiger partial charge in [-0.3, -0.25) is 3.53 Å². The zero-order valence-corrected chi connectivity index (χ0v) is 13.6. The van der Waals surface area contributed by atoms with E-state index in [1.807, 2.05) is 0 Å². The van der Waals surface area contributed by atoms with E-state index in [2.05, 4.69) is 52.4 Å². The average Bonchev–Trinajstić information content (AvgIpc) is 2.38. The normalized spacial score (nSPS) is 10.8. The van der Waals surface area contributed by atoms with Crippen LogP contribution in [-0.2, 0) is 19.4 Å². The Labute approximate surface area is 125 Å². The number of phenolic OH excluding ortho intramolecular Hbond substituents is 1. The number of halogens is 1. The summed E-state index contributed by atoms with van der Waals surface area (Å²) in [5.74, 6) is 0.493. The van der Waals surface area contributed by atoms with Gasteiger partial charge in [0.15, 0.2) is 0 Å². The SMILES string of the molecule is CCCCc1cc(CCCC)c(O)c(CNI)c1. The van der Waals surface area contributed by atoms with Crippen LogP contribution in [0.2, 0.25) is 0 Å². The molecule has 1 rings (SSSR count). The highest BCUT2D eigenvalue weighted by atomic mass is 127. The van der Waals surface area contributed by atoms with Crippen molar-refractivity contribution in [3.63, 3.8) is 0 Å². The minimum Gasteiger partial charge on any atom is -0.507 e. The molecule has 0 atom stereocenters. The Balaban J connectivity index is 2.94. The van der Waals surface area contributed by atoms with E-state index in [0.29, 0.717) is 5.75 Å². The Morgan fingerprint density at radius 1 is 1.06 bits per heavy atom. The molecule has 0 spiro atoms. The van der Waals surface area contributed by atoms with Crippen LogP contribution in [0.15, 0.2) is 12.1 Å². The number of benzene rings is 1. The molecule has 0 aliphatic carbocycles. The number of hydrogen-bond donors (Lipinski definition) is 2. The van der Waals surface area contributed by atoms with Gasteiger partial charge in [0.05, 0.1) is 0 Å². The molecular weight excluding hydrogens is 337 g/mol. The molecule has 0 bridgehead atoms. The van der Waals surface area contributed by atoms with Crippen molar-refractivity contribution in [2.75, 3.05) is 0 Å². The molecule has 0 unspecified atom stereocenters. The molecule has 0 radical (unpaired) electrons. The van der Waals surface area contributed by atoms with Crippen LogP contribution in [0.25, 0.3) is 0 Å². The number of unbranched alkanes of at least 4 members (excludes halogenated alkanes) is 2. The van der Waals surface area contributed by atoms with Gasteiger partial charge in [-0.25, -0.2) is 0 Å². The molecular formula is C15H24INO. The van der Waals surface area contributed by atoms with Crippen LogP contribution in [-0.4, -0.2) is 5.11 Å². The molecule has 0 aliphatic heterocycles. The predicted molar refractivity (Wildman–Crippen MR) is 86.2 cm³/mol. The Morgan fingerprint density at radius 3 is 2.28 bits per heavy atom. The molecule has 0 amide bonds. The second-order valence-electron chi connectivity index (χ2n) is 4.78.